The Labute approximate surface area is 115 Å². The summed E-state index contributed by atoms with van der Waals surface area (Å²) in [7, 11) is 0. The molecule has 2 fully saturated rings. The smallest absolute Gasteiger partial charge is 0.229 e. The molecule has 1 spiro atoms. The van der Waals surface area contributed by atoms with Crippen LogP contribution in [0.4, 0.5) is 0 Å². The van der Waals surface area contributed by atoms with Crippen molar-refractivity contribution in [3.05, 3.63) is 0 Å². The molecule has 1 aliphatic heterocycles. The first-order valence-electron chi connectivity index (χ1n) is 7.43. The fraction of sp³-hybridized carbons (Fsp3) is 0.867. The third-order valence-electron chi connectivity index (χ3n) is 4.46. The van der Waals surface area contributed by atoms with E-state index in [1.165, 1.54) is 4.90 Å². The predicted octanol–water partition coefficient (Wildman–Crippen LogP) is 2.10. The lowest BCUT2D eigenvalue weighted by Gasteiger charge is -2.38. The number of aliphatic hydroxyl groups is 1. The minimum Gasteiger partial charge on any atom is -0.391 e. The summed E-state index contributed by atoms with van der Waals surface area (Å²) in [5.74, 6) is 0.202. The van der Waals surface area contributed by atoms with Crippen LogP contribution in [-0.2, 0) is 9.59 Å². The molecule has 19 heavy (non-hydrogen) atoms. The van der Waals surface area contributed by atoms with Gasteiger partial charge < -0.3 is 5.11 Å². The van der Waals surface area contributed by atoms with Crippen LogP contribution in [0.1, 0.15) is 58.8 Å². The topological polar surface area (TPSA) is 57.6 Å². The molecule has 1 saturated heterocycles. The highest BCUT2D eigenvalue weighted by Gasteiger charge is 2.45. The van der Waals surface area contributed by atoms with Gasteiger partial charge in [-0.05, 0) is 30.6 Å². The SMILES string of the molecule is CC(C)CC(O)CN1C(=O)CC2(CCCC2)CC1=O. The third-order valence-corrected chi connectivity index (χ3v) is 4.46. The average Bonchev–Trinajstić information content (AvgIpc) is 2.71. The molecule has 4 nitrogen and oxygen atoms in total. The number of carbonyl (C=O) groups is 2. The van der Waals surface area contributed by atoms with E-state index in [0.717, 1.165) is 25.7 Å². The van der Waals surface area contributed by atoms with Crippen LogP contribution < -0.4 is 0 Å². The Kier molecular flexibility index (Phi) is 4.29. The number of likely N-dealkylation sites (tertiary alicyclic amines) is 1. The molecule has 1 atom stereocenters. The van der Waals surface area contributed by atoms with Crippen molar-refractivity contribution in [1.29, 1.82) is 0 Å². The van der Waals surface area contributed by atoms with Crippen molar-refractivity contribution in [2.75, 3.05) is 6.54 Å². The average molecular weight is 267 g/mol. The van der Waals surface area contributed by atoms with E-state index in [0.29, 0.717) is 25.2 Å². The fourth-order valence-corrected chi connectivity index (χ4v) is 3.55. The lowest BCUT2D eigenvalue weighted by Crippen LogP contribution is -2.49. The molecule has 0 bridgehead atoms. The zero-order valence-electron chi connectivity index (χ0n) is 12.0. The summed E-state index contributed by atoms with van der Waals surface area (Å²) < 4.78 is 0. The predicted molar refractivity (Wildman–Crippen MR) is 72.3 cm³/mol. The van der Waals surface area contributed by atoms with Crippen LogP contribution >= 0.6 is 0 Å². The van der Waals surface area contributed by atoms with Crippen LogP contribution in [0.5, 0.6) is 0 Å². The van der Waals surface area contributed by atoms with E-state index >= 15 is 0 Å². The maximum absolute atomic E-state index is 12.2. The molecule has 2 rings (SSSR count). The Bertz CT molecular complexity index is 338. The van der Waals surface area contributed by atoms with Gasteiger partial charge in [0.2, 0.25) is 11.8 Å². The van der Waals surface area contributed by atoms with Gasteiger partial charge in [-0.15, -0.1) is 0 Å². The largest absolute Gasteiger partial charge is 0.391 e. The first-order chi connectivity index (χ1) is 8.92. The molecular weight excluding hydrogens is 242 g/mol. The molecule has 0 radical (unpaired) electrons. The monoisotopic (exact) mass is 267 g/mol. The molecule has 4 heteroatoms. The molecule has 1 heterocycles. The molecule has 2 aliphatic rings. The minimum absolute atomic E-state index is 0.0479. The number of nitrogens with zero attached hydrogens (tertiary/aromatic N) is 1. The van der Waals surface area contributed by atoms with Gasteiger partial charge in [-0.3, -0.25) is 14.5 Å². The highest BCUT2D eigenvalue weighted by atomic mass is 16.3. The summed E-state index contributed by atoms with van der Waals surface area (Å²) >= 11 is 0. The van der Waals surface area contributed by atoms with Crippen molar-refractivity contribution >= 4 is 11.8 Å². The maximum Gasteiger partial charge on any atom is 0.229 e. The number of rotatable bonds is 4. The van der Waals surface area contributed by atoms with Gasteiger partial charge in [0, 0.05) is 12.8 Å². The Hall–Kier alpha value is -0.900. The Morgan fingerprint density at radius 2 is 1.68 bits per heavy atom. The molecule has 108 valence electrons. The van der Waals surface area contributed by atoms with Gasteiger partial charge in [0.15, 0.2) is 0 Å². The van der Waals surface area contributed by atoms with Crippen molar-refractivity contribution in [3.63, 3.8) is 0 Å². The summed E-state index contributed by atoms with van der Waals surface area (Å²) in [6.45, 7) is 4.22. The normalized spacial score (nSPS) is 24.5. The van der Waals surface area contributed by atoms with Gasteiger partial charge in [0.1, 0.15) is 0 Å². The number of hydrogen-bond donors (Lipinski definition) is 1. The Balaban J connectivity index is 1.96. The van der Waals surface area contributed by atoms with E-state index in [-0.39, 0.29) is 23.8 Å². The lowest BCUT2D eigenvalue weighted by atomic mass is 9.76. The van der Waals surface area contributed by atoms with E-state index in [1.54, 1.807) is 0 Å². The minimum atomic E-state index is -0.592. The Morgan fingerprint density at radius 3 is 2.16 bits per heavy atom. The highest BCUT2D eigenvalue weighted by molar-refractivity contribution is 5.98. The van der Waals surface area contributed by atoms with Crippen LogP contribution in [-0.4, -0.2) is 34.5 Å². The summed E-state index contributed by atoms with van der Waals surface area (Å²) in [6.07, 6.45) is 5.31. The van der Waals surface area contributed by atoms with Crippen molar-refractivity contribution in [2.24, 2.45) is 11.3 Å². The molecular formula is C15H25NO3. The number of carbonyl (C=O) groups excluding carboxylic acids is 2. The van der Waals surface area contributed by atoms with Crippen LogP contribution in [0, 0.1) is 11.3 Å². The number of hydrogen-bond acceptors (Lipinski definition) is 3. The molecule has 0 aromatic carbocycles. The number of β-amino-alcohol motifs (C(OH)–C–C–N with tert-alkyl or cyclic N) is 1. The summed E-state index contributed by atoms with van der Waals surface area (Å²) in [4.78, 5) is 25.7. The van der Waals surface area contributed by atoms with Gasteiger partial charge >= 0.3 is 0 Å². The second kappa shape index (κ2) is 5.61. The van der Waals surface area contributed by atoms with Crippen molar-refractivity contribution < 1.29 is 14.7 Å². The van der Waals surface area contributed by atoms with E-state index in [1.807, 2.05) is 13.8 Å². The first-order valence-corrected chi connectivity index (χ1v) is 7.43. The van der Waals surface area contributed by atoms with Gasteiger partial charge in [-0.2, -0.15) is 0 Å². The van der Waals surface area contributed by atoms with E-state index in [2.05, 4.69) is 0 Å². The van der Waals surface area contributed by atoms with Crippen molar-refractivity contribution in [3.8, 4) is 0 Å². The van der Waals surface area contributed by atoms with Gasteiger partial charge in [0.05, 0.1) is 12.6 Å². The van der Waals surface area contributed by atoms with E-state index in [4.69, 9.17) is 0 Å². The second-order valence-electron chi connectivity index (χ2n) is 6.74. The number of piperidine rings is 1. The van der Waals surface area contributed by atoms with Crippen LogP contribution in [0.3, 0.4) is 0 Å². The summed E-state index contributed by atoms with van der Waals surface area (Å²) in [6, 6.07) is 0. The van der Waals surface area contributed by atoms with Crippen LogP contribution in [0.2, 0.25) is 0 Å². The number of imide groups is 1. The van der Waals surface area contributed by atoms with Gasteiger partial charge in [-0.1, -0.05) is 26.7 Å². The Morgan fingerprint density at radius 1 is 1.16 bits per heavy atom. The molecule has 0 aromatic heterocycles. The third kappa shape index (κ3) is 3.35. The van der Waals surface area contributed by atoms with Crippen LogP contribution in [0.15, 0.2) is 0 Å². The summed E-state index contributed by atoms with van der Waals surface area (Å²) in [5.41, 5.74) is -0.0479. The standard InChI is InChI=1S/C15H25NO3/c1-11(2)7-12(17)10-16-13(18)8-15(9-14(16)19)5-3-4-6-15/h11-12,17H,3-10H2,1-2H3. The molecule has 2 amide bonds. The highest BCUT2D eigenvalue weighted by Crippen LogP contribution is 2.46. The second-order valence-corrected chi connectivity index (χ2v) is 6.74. The zero-order chi connectivity index (χ0) is 14.0. The lowest BCUT2D eigenvalue weighted by molar-refractivity contribution is -0.155. The number of aliphatic hydroxyl groups excluding tert-OH is 1. The van der Waals surface area contributed by atoms with Crippen molar-refractivity contribution in [2.45, 2.75) is 64.9 Å². The molecule has 1 aliphatic carbocycles. The molecule has 0 aromatic rings. The quantitative estimate of drug-likeness (QED) is 0.794. The van der Waals surface area contributed by atoms with Crippen LogP contribution in [0.25, 0.3) is 0 Å². The van der Waals surface area contributed by atoms with Gasteiger partial charge in [0.25, 0.3) is 0 Å². The molecule has 1 N–H and O–H groups in total. The molecule has 1 unspecified atom stereocenters. The van der Waals surface area contributed by atoms with E-state index < -0.39 is 6.10 Å². The van der Waals surface area contributed by atoms with E-state index in [9.17, 15) is 14.7 Å². The zero-order valence-corrected chi connectivity index (χ0v) is 12.0. The van der Waals surface area contributed by atoms with Gasteiger partial charge in [-0.25, -0.2) is 0 Å². The summed E-state index contributed by atoms with van der Waals surface area (Å²) in [5, 5.41) is 9.92. The van der Waals surface area contributed by atoms with Crippen molar-refractivity contribution in [1.82, 2.24) is 4.90 Å². The number of amides is 2. The fourth-order valence-electron chi connectivity index (χ4n) is 3.55. The maximum atomic E-state index is 12.2. The molecule has 1 saturated carbocycles. The first kappa shape index (κ1) is 14.5.